The predicted molar refractivity (Wildman–Crippen MR) is 69.2 cm³/mol. The molecular weight excluding hydrogens is 228 g/mol. The molecule has 1 aromatic carbocycles. The highest BCUT2D eigenvalue weighted by atomic mass is 16.5. The Bertz CT molecular complexity index is 407. The van der Waals surface area contributed by atoms with Crippen molar-refractivity contribution in [2.75, 3.05) is 13.2 Å². The normalized spacial score (nSPS) is 9.56. The molecule has 0 aliphatic rings. The van der Waals surface area contributed by atoms with Gasteiger partial charge in [-0.15, -0.1) is 0 Å². The van der Waals surface area contributed by atoms with Gasteiger partial charge in [0.1, 0.15) is 5.75 Å². The van der Waals surface area contributed by atoms with E-state index in [2.05, 4.69) is 12.2 Å². The molecule has 0 bridgehead atoms. The van der Waals surface area contributed by atoms with E-state index in [0.29, 0.717) is 17.9 Å². The summed E-state index contributed by atoms with van der Waals surface area (Å²) in [7, 11) is 0. The van der Waals surface area contributed by atoms with Crippen molar-refractivity contribution >= 4 is 5.91 Å². The molecule has 0 heterocycles. The van der Waals surface area contributed by atoms with Crippen LogP contribution in [0.2, 0.25) is 0 Å². The van der Waals surface area contributed by atoms with Crippen molar-refractivity contribution < 1.29 is 9.53 Å². The van der Waals surface area contributed by atoms with Gasteiger partial charge in [-0.2, -0.15) is 5.26 Å². The number of nitrogens with one attached hydrogen (secondary N) is 1. The number of rotatable bonds is 7. The van der Waals surface area contributed by atoms with E-state index in [1.165, 1.54) is 0 Å². The molecule has 18 heavy (non-hydrogen) atoms. The maximum atomic E-state index is 11.4. The van der Waals surface area contributed by atoms with E-state index in [1.54, 1.807) is 24.3 Å². The Labute approximate surface area is 108 Å². The molecule has 1 aromatic rings. The Balaban J connectivity index is 2.23. The summed E-state index contributed by atoms with van der Waals surface area (Å²) < 4.78 is 5.30. The number of nitriles is 1. The molecule has 0 aliphatic carbocycles. The lowest BCUT2D eigenvalue weighted by molar-refractivity contribution is -0.123. The van der Waals surface area contributed by atoms with Gasteiger partial charge < -0.3 is 10.1 Å². The largest absolute Gasteiger partial charge is 0.484 e. The van der Waals surface area contributed by atoms with E-state index < -0.39 is 0 Å². The first kappa shape index (κ1) is 14.0. The summed E-state index contributed by atoms with van der Waals surface area (Å²) in [5, 5.41) is 11.4. The van der Waals surface area contributed by atoms with Gasteiger partial charge in [0.05, 0.1) is 11.6 Å². The lowest BCUT2D eigenvalue weighted by Gasteiger charge is -2.07. The van der Waals surface area contributed by atoms with E-state index in [4.69, 9.17) is 10.00 Å². The molecule has 4 heteroatoms. The Morgan fingerprint density at radius 3 is 2.67 bits per heavy atom. The van der Waals surface area contributed by atoms with Crippen molar-refractivity contribution in [1.29, 1.82) is 5.26 Å². The van der Waals surface area contributed by atoms with Gasteiger partial charge in [0.2, 0.25) is 0 Å². The second kappa shape index (κ2) is 8.13. The molecule has 0 radical (unpaired) electrons. The smallest absolute Gasteiger partial charge is 0.257 e. The van der Waals surface area contributed by atoms with E-state index in [-0.39, 0.29) is 12.5 Å². The third-order valence-electron chi connectivity index (χ3n) is 2.46. The fourth-order valence-corrected chi connectivity index (χ4v) is 1.43. The Kier molecular flexibility index (Phi) is 6.34. The molecule has 0 aromatic heterocycles. The van der Waals surface area contributed by atoms with Gasteiger partial charge in [0.15, 0.2) is 6.61 Å². The van der Waals surface area contributed by atoms with E-state index in [1.807, 2.05) is 6.07 Å². The van der Waals surface area contributed by atoms with Crippen LogP contribution in [0, 0.1) is 11.3 Å². The number of carbonyl (C=O) groups excluding carboxylic acids is 1. The summed E-state index contributed by atoms with van der Waals surface area (Å²) in [6.07, 6.45) is 3.26. The molecule has 0 atom stereocenters. The number of unbranched alkanes of at least 4 members (excludes halogenated alkanes) is 2. The number of benzene rings is 1. The van der Waals surface area contributed by atoms with Crippen LogP contribution in [0.5, 0.6) is 5.75 Å². The first-order chi connectivity index (χ1) is 8.76. The average molecular weight is 246 g/mol. The predicted octanol–water partition coefficient (Wildman–Crippen LogP) is 2.24. The maximum Gasteiger partial charge on any atom is 0.257 e. The van der Waals surface area contributed by atoms with Crippen molar-refractivity contribution in [3.8, 4) is 11.8 Å². The molecule has 1 amide bonds. The van der Waals surface area contributed by atoms with Gasteiger partial charge >= 0.3 is 0 Å². The molecule has 4 nitrogen and oxygen atoms in total. The third kappa shape index (κ3) is 5.35. The van der Waals surface area contributed by atoms with Crippen LogP contribution in [0.4, 0.5) is 0 Å². The second-order valence-electron chi connectivity index (χ2n) is 3.98. The van der Waals surface area contributed by atoms with Crippen molar-refractivity contribution in [3.63, 3.8) is 0 Å². The van der Waals surface area contributed by atoms with Crippen LogP contribution in [0.25, 0.3) is 0 Å². The summed E-state index contributed by atoms with van der Waals surface area (Å²) in [6, 6.07) is 8.71. The zero-order chi connectivity index (χ0) is 13.2. The fraction of sp³-hybridized carbons (Fsp3) is 0.429. The summed E-state index contributed by atoms with van der Waals surface area (Å²) >= 11 is 0. The van der Waals surface area contributed by atoms with Crippen LogP contribution in [-0.2, 0) is 4.79 Å². The number of hydrogen-bond acceptors (Lipinski definition) is 3. The van der Waals surface area contributed by atoms with Gasteiger partial charge in [-0.05, 0) is 30.7 Å². The van der Waals surface area contributed by atoms with Crippen LogP contribution in [0.1, 0.15) is 31.7 Å². The lowest BCUT2D eigenvalue weighted by atomic mass is 10.2. The maximum absolute atomic E-state index is 11.4. The minimum atomic E-state index is -0.115. The molecule has 0 spiro atoms. The number of amides is 1. The first-order valence-electron chi connectivity index (χ1n) is 6.16. The van der Waals surface area contributed by atoms with Crippen LogP contribution in [0.15, 0.2) is 24.3 Å². The number of hydrogen-bond donors (Lipinski definition) is 1. The molecular formula is C14H18N2O2. The van der Waals surface area contributed by atoms with E-state index >= 15 is 0 Å². The van der Waals surface area contributed by atoms with Gasteiger partial charge in [-0.25, -0.2) is 0 Å². The average Bonchev–Trinajstić information content (AvgIpc) is 2.42. The quantitative estimate of drug-likeness (QED) is 0.750. The fourth-order valence-electron chi connectivity index (χ4n) is 1.43. The standard InChI is InChI=1S/C14H18N2O2/c1-2-3-4-9-16-14(17)11-18-13-7-5-12(10-15)6-8-13/h5-8H,2-4,9,11H2,1H3,(H,16,17). The lowest BCUT2D eigenvalue weighted by Crippen LogP contribution is -2.29. The Morgan fingerprint density at radius 2 is 2.06 bits per heavy atom. The van der Waals surface area contributed by atoms with Crippen molar-refractivity contribution in [2.24, 2.45) is 0 Å². The Hall–Kier alpha value is -2.02. The minimum absolute atomic E-state index is 0.0119. The van der Waals surface area contributed by atoms with Crippen LogP contribution in [0.3, 0.4) is 0 Å². The van der Waals surface area contributed by atoms with Gasteiger partial charge in [0, 0.05) is 6.54 Å². The molecule has 1 N–H and O–H groups in total. The first-order valence-corrected chi connectivity index (χ1v) is 6.16. The highest BCUT2D eigenvalue weighted by molar-refractivity contribution is 5.77. The van der Waals surface area contributed by atoms with E-state index in [0.717, 1.165) is 19.3 Å². The highest BCUT2D eigenvalue weighted by Crippen LogP contribution is 2.11. The highest BCUT2D eigenvalue weighted by Gasteiger charge is 2.01. The zero-order valence-corrected chi connectivity index (χ0v) is 10.6. The van der Waals surface area contributed by atoms with Crippen LogP contribution >= 0.6 is 0 Å². The summed E-state index contributed by atoms with van der Waals surface area (Å²) in [4.78, 5) is 11.4. The van der Waals surface area contributed by atoms with Crippen LogP contribution < -0.4 is 10.1 Å². The number of ether oxygens (including phenoxy) is 1. The molecule has 0 unspecified atom stereocenters. The van der Waals surface area contributed by atoms with Crippen molar-refractivity contribution in [3.05, 3.63) is 29.8 Å². The SMILES string of the molecule is CCCCCNC(=O)COc1ccc(C#N)cc1. The van der Waals surface area contributed by atoms with Gasteiger partial charge in [-0.3, -0.25) is 4.79 Å². The molecule has 96 valence electrons. The number of carbonyl (C=O) groups is 1. The van der Waals surface area contributed by atoms with Crippen LogP contribution in [-0.4, -0.2) is 19.1 Å². The van der Waals surface area contributed by atoms with E-state index in [9.17, 15) is 4.79 Å². The van der Waals surface area contributed by atoms with Gasteiger partial charge in [0.25, 0.3) is 5.91 Å². The van der Waals surface area contributed by atoms with Crippen molar-refractivity contribution in [1.82, 2.24) is 5.32 Å². The number of nitrogens with zero attached hydrogens (tertiary/aromatic N) is 1. The summed E-state index contributed by atoms with van der Waals surface area (Å²) in [5.74, 6) is 0.480. The minimum Gasteiger partial charge on any atom is -0.484 e. The molecule has 0 saturated heterocycles. The zero-order valence-electron chi connectivity index (χ0n) is 10.6. The molecule has 0 saturated carbocycles. The molecule has 0 fully saturated rings. The van der Waals surface area contributed by atoms with Gasteiger partial charge in [-0.1, -0.05) is 19.8 Å². The monoisotopic (exact) mass is 246 g/mol. The third-order valence-corrected chi connectivity index (χ3v) is 2.46. The topological polar surface area (TPSA) is 62.1 Å². The summed E-state index contributed by atoms with van der Waals surface area (Å²) in [5.41, 5.74) is 0.575. The van der Waals surface area contributed by atoms with Crippen molar-refractivity contribution in [2.45, 2.75) is 26.2 Å². The summed E-state index contributed by atoms with van der Waals surface area (Å²) in [6.45, 7) is 2.83. The molecule has 1 rings (SSSR count). The Morgan fingerprint density at radius 1 is 1.33 bits per heavy atom. The molecule has 0 aliphatic heterocycles. The second-order valence-corrected chi connectivity index (χ2v) is 3.98.